The van der Waals surface area contributed by atoms with Crippen molar-refractivity contribution < 1.29 is 0 Å². The molecule has 0 amide bonds. The van der Waals surface area contributed by atoms with Crippen LogP contribution in [0.1, 0.15) is 56.8 Å². The highest BCUT2D eigenvalue weighted by molar-refractivity contribution is 5.42. The van der Waals surface area contributed by atoms with E-state index >= 15 is 0 Å². The van der Waals surface area contributed by atoms with E-state index in [1.165, 1.54) is 5.56 Å². The van der Waals surface area contributed by atoms with Crippen molar-refractivity contribution in [3.05, 3.63) is 41.7 Å². The largest absolute Gasteiger partial charge is 0.323 e. The number of para-hydroxylation sites is 1. The standard InChI is InChI=1S/C15H22N4/c1-4-7-13(16)14-10-19(18-17-14)15-9-6-5-8-12(15)11(2)3/h5-6,8-11,13H,4,7,16H2,1-3H3. The first-order valence-electron chi connectivity index (χ1n) is 6.90. The molecule has 0 saturated carbocycles. The summed E-state index contributed by atoms with van der Waals surface area (Å²) in [7, 11) is 0. The lowest BCUT2D eigenvalue weighted by atomic mass is 10.0. The lowest BCUT2D eigenvalue weighted by Gasteiger charge is -2.11. The molecule has 1 atom stereocenters. The third kappa shape index (κ3) is 3.01. The minimum atomic E-state index is -0.0232. The van der Waals surface area contributed by atoms with Gasteiger partial charge in [-0.15, -0.1) is 5.10 Å². The quantitative estimate of drug-likeness (QED) is 0.896. The third-order valence-electron chi connectivity index (χ3n) is 3.30. The van der Waals surface area contributed by atoms with Crippen LogP contribution in [-0.4, -0.2) is 15.0 Å². The molecule has 0 spiro atoms. The van der Waals surface area contributed by atoms with E-state index in [0.717, 1.165) is 24.2 Å². The Bertz CT molecular complexity index is 530. The zero-order valence-corrected chi connectivity index (χ0v) is 11.9. The Morgan fingerprint density at radius 3 is 2.68 bits per heavy atom. The van der Waals surface area contributed by atoms with E-state index in [1.54, 1.807) is 0 Å². The Hall–Kier alpha value is -1.68. The van der Waals surface area contributed by atoms with Gasteiger partial charge in [0.1, 0.15) is 0 Å². The van der Waals surface area contributed by atoms with E-state index in [9.17, 15) is 0 Å². The fourth-order valence-corrected chi connectivity index (χ4v) is 2.21. The van der Waals surface area contributed by atoms with Gasteiger partial charge in [-0.05, 0) is 24.0 Å². The molecule has 1 unspecified atom stereocenters. The molecule has 0 bridgehead atoms. The van der Waals surface area contributed by atoms with Crippen molar-refractivity contribution in [2.75, 3.05) is 0 Å². The molecular formula is C15H22N4. The molecule has 1 aromatic carbocycles. The molecule has 19 heavy (non-hydrogen) atoms. The molecule has 0 aliphatic rings. The van der Waals surface area contributed by atoms with Crippen molar-refractivity contribution in [2.45, 2.75) is 45.6 Å². The normalized spacial score (nSPS) is 12.9. The Labute approximate surface area is 114 Å². The van der Waals surface area contributed by atoms with Gasteiger partial charge in [0.15, 0.2) is 0 Å². The number of nitrogens with zero attached hydrogens (tertiary/aromatic N) is 3. The summed E-state index contributed by atoms with van der Waals surface area (Å²) < 4.78 is 1.83. The van der Waals surface area contributed by atoms with E-state index in [1.807, 2.05) is 16.9 Å². The van der Waals surface area contributed by atoms with E-state index in [0.29, 0.717) is 5.92 Å². The maximum atomic E-state index is 6.08. The highest BCUT2D eigenvalue weighted by Gasteiger charge is 2.13. The van der Waals surface area contributed by atoms with Gasteiger partial charge in [-0.2, -0.15) is 0 Å². The summed E-state index contributed by atoms with van der Waals surface area (Å²) in [5, 5.41) is 8.42. The highest BCUT2D eigenvalue weighted by Crippen LogP contribution is 2.23. The summed E-state index contributed by atoms with van der Waals surface area (Å²) in [6.07, 6.45) is 3.93. The Morgan fingerprint density at radius 2 is 2.00 bits per heavy atom. The van der Waals surface area contributed by atoms with Gasteiger partial charge < -0.3 is 5.73 Å². The van der Waals surface area contributed by atoms with Crippen molar-refractivity contribution >= 4 is 0 Å². The predicted octanol–water partition coefficient (Wildman–Crippen LogP) is 3.19. The van der Waals surface area contributed by atoms with Crippen LogP contribution < -0.4 is 5.73 Å². The van der Waals surface area contributed by atoms with E-state index < -0.39 is 0 Å². The first-order valence-corrected chi connectivity index (χ1v) is 6.90. The molecule has 1 heterocycles. The van der Waals surface area contributed by atoms with Crippen LogP contribution in [0.15, 0.2) is 30.5 Å². The van der Waals surface area contributed by atoms with E-state index in [2.05, 4.69) is 49.3 Å². The van der Waals surface area contributed by atoms with Crippen LogP contribution in [0.2, 0.25) is 0 Å². The van der Waals surface area contributed by atoms with Gasteiger partial charge in [-0.25, -0.2) is 4.68 Å². The maximum absolute atomic E-state index is 6.08. The first-order chi connectivity index (χ1) is 9.13. The number of hydrogen-bond donors (Lipinski definition) is 1. The molecule has 102 valence electrons. The Morgan fingerprint density at radius 1 is 1.26 bits per heavy atom. The average Bonchev–Trinajstić information content (AvgIpc) is 2.88. The molecule has 0 saturated heterocycles. The Balaban J connectivity index is 2.33. The molecule has 0 fully saturated rings. The second kappa shape index (κ2) is 5.97. The van der Waals surface area contributed by atoms with Crippen molar-refractivity contribution in [3.8, 4) is 5.69 Å². The molecule has 0 aliphatic carbocycles. The van der Waals surface area contributed by atoms with Gasteiger partial charge in [0.2, 0.25) is 0 Å². The fraction of sp³-hybridized carbons (Fsp3) is 0.467. The Kier molecular flexibility index (Phi) is 4.32. The zero-order chi connectivity index (χ0) is 13.8. The van der Waals surface area contributed by atoms with Crippen LogP contribution in [0, 0.1) is 0 Å². The summed E-state index contributed by atoms with van der Waals surface area (Å²) in [6, 6.07) is 8.26. The molecule has 2 rings (SSSR count). The van der Waals surface area contributed by atoms with Crippen LogP contribution in [0.25, 0.3) is 5.69 Å². The van der Waals surface area contributed by atoms with Crippen LogP contribution in [0.3, 0.4) is 0 Å². The van der Waals surface area contributed by atoms with Crippen LogP contribution in [0.5, 0.6) is 0 Å². The van der Waals surface area contributed by atoms with Crippen LogP contribution in [0.4, 0.5) is 0 Å². The minimum Gasteiger partial charge on any atom is -0.323 e. The molecule has 2 aromatic rings. The number of nitrogens with two attached hydrogens (primary N) is 1. The smallest absolute Gasteiger partial charge is 0.0998 e. The predicted molar refractivity (Wildman–Crippen MR) is 77.3 cm³/mol. The molecule has 2 N–H and O–H groups in total. The molecule has 4 nitrogen and oxygen atoms in total. The van der Waals surface area contributed by atoms with Gasteiger partial charge in [0.25, 0.3) is 0 Å². The summed E-state index contributed by atoms with van der Waals surface area (Å²) >= 11 is 0. The van der Waals surface area contributed by atoms with Crippen molar-refractivity contribution in [2.24, 2.45) is 5.73 Å². The maximum Gasteiger partial charge on any atom is 0.0998 e. The average molecular weight is 258 g/mol. The van der Waals surface area contributed by atoms with Crippen molar-refractivity contribution in [3.63, 3.8) is 0 Å². The van der Waals surface area contributed by atoms with E-state index in [4.69, 9.17) is 5.73 Å². The second-order valence-corrected chi connectivity index (χ2v) is 5.20. The molecule has 0 aliphatic heterocycles. The number of aromatic nitrogens is 3. The number of rotatable bonds is 5. The van der Waals surface area contributed by atoms with Gasteiger partial charge >= 0.3 is 0 Å². The molecule has 0 radical (unpaired) electrons. The summed E-state index contributed by atoms with van der Waals surface area (Å²) in [4.78, 5) is 0. The zero-order valence-electron chi connectivity index (χ0n) is 11.9. The van der Waals surface area contributed by atoms with E-state index in [-0.39, 0.29) is 6.04 Å². The lowest BCUT2D eigenvalue weighted by Crippen LogP contribution is -2.10. The number of benzene rings is 1. The molecular weight excluding hydrogens is 236 g/mol. The highest BCUT2D eigenvalue weighted by atomic mass is 15.4. The van der Waals surface area contributed by atoms with Crippen LogP contribution in [-0.2, 0) is 0 Å². The van der Waals surface area contributed by atoms with Gasteiger partial charge in [0, 0.05) is 0 Å². The van der Waals surface area contributed by atoms with Crippen LogP contribution >= 0.6 is 0 Å². The second-order valence-electron chi connectivity index (χ2n) is 5.20. The summed E-state index contributed by atoms with van der Waals surface area (Å²) in [6.45, 7) is 6.48. The van der Waals surface area contributed by atoms with Gasteiger partial charge in [-0.1, -0.05) is 50.6 Å². The van der Waals surface area contributed by atoms with Crippen molar-refractivity contribution in [1.29, 1.82) is 0 Å². The molecule has 1 aromatic heterocycles. The van der Waals surface area contributed by atoms with Crippen molar-refractivity contribution in [1.82, 2.24) is 15.0 Å². The fourth-order valence-electron chi connectivity index (χ4n) is 2.21. The third-order valence-corrected chi connectivity index (χ3v) is 3.30. The minimum absolute atomic E-state index is 0.0232. The monoisotopic (exact) mass is 258 g/mol. The summed E-state index contributed by atoms with van der Waals surface area (Å²) in [5.74, 6) is 0.452. The van der Waals surface area contributed by atoms with Gasteiger partial charge in [0.05, 0.1) is 23.6 Å². The lowest BCUT2D eigenvalue weighted by molar-refractivity contribution is 0.619. The topological polar surface area (TPSA) is 56.7 Å². The number of hydrogen-bond acceptors (Lipinski definition) is 3. The molecule has 4 heteroatoms. The first kappa shape index (κ1) is 13.7. The SMILES string of the molecule is CCCC(N)c1cn(-c2ccccc2C(C)C)nn1. The summed E-state index contributed by atoms with van der Waals surface area (Å²) in [5.41, 5.74) is 9.29. The van der Waals surface area contributed by atoms with Gasteiger partial charge in [-0.3, -0.25) is 0 Å².